The van der Waals surface area contributed by atoms with Crippen LogP contribution in [0.3, 0.4) is 0 Å². The second-order valence-corrected chi connectivity index (χ2v) is 8.02. The summed E-state index contributed by atoms with van der Waals surface area (Å²) in [6.45, 7) is 2.68. The highest BCUT2D eigenvalue weighted by molar-refractivity contribution is 6.43. The van der Waals surface area contributed by atoms with Crippen LogP contribution in [0.1, 0.15) is 57.3 Å². The Kier molecular flexibility index (Phi) is 6.01. The molecule has 0 aliphatic carbocycles. The van der Waals surface area contributed by atoms with E-state index >= 15 is 0 Å². The first kappa shape index (κ1) is 20.1. The van der Waals surface area contributed by atoms with Gasteiger partial charge < -0.3 is 26.0 Å². The fourth-order valence-corrected chi connectivity index (χ4v) is 4.56. The van der Waals surface area contributed by atoms with Crippen molar-refractivity contribution in [3.05, 3.63) is 70.3 Å². The van der Waals surface area contributed by atoms with E-state index in [1.54, 1.807) is 0 Å². The molecule has 0 bridgehead atoms. The highest BCUT2D eigenvalue weighted by Gasteiger charge is 2.31. The molecule has 2 aromatic carbocycles. The molecule has 1 atom stereocenters. The predicted octanol–water partition coefficient (Wildman–Crippen LogP) is 1.36. The number of nitrogens with two attached hydrogens (primary N) is 1. The number of hydrogen-bond acceptors (Lipinski definition) is 5. The molecular formula is C22H28BN3O3. The molecule has 0 saturated carbocycles. The Bertz CT molecular complexity index is 881. The van der Waals surface area contributed by atoms with E-state index < -0.39 is 13.1 Å². The highest BCUT2D eigenvalue weighted by Crippen LogP contribution is 2.30. The molecule has 2 aliphatic heterocycles. The van der Waals surface area contributed by atoms with E-state index in [1.165, 1.54) is 5.56 Å². The minimum absolute atomic E-state index is 0.0127. The maximum atomic E-state index is 13.1. The number of likely N-dealkylation sites (tertiary alicyclic amines) is 1. The van der Waals surface area contributed by atoms with Gasteiger partial charge in [-0.2, -0.15) is 0 Å². The summed E-state index contributed by atoms with van der Waals surface area (Å²) in [6.07, 6.45) is 2.69. The van der Waals surface area contributed by atoms with Gasteiger partial charge in [0, 0.05) is 25.2 Å². The lowest BCUT2D eigenvalue weighted by molar-refractivity contribution is 0.0712. The monoisotopic (exact) mass is 393 g/mol. The smallest absolute Gasteiger partial charge is 0.426 e. The molecule has 2 heterocycles. The van der Waals surface area contributed by atoms with Crippen molar-refractivity contribution in [1.82, 2.24) is 10.2 Å². The van der Waals surface area contributed by atoms with Crippen LogP contribution < -0.4 is 11.1 Å². The normalized spacial score (nSPS) is 19.7. The molecule has 152 valence electrons. The topological polar surface area (TPSA) is 98.8 Å². The Hall–Kier alpha value is -2.19. The van der Waals surface area contributed by atoms with Gasteiger partial charge >= 0.3 is 7.12 Å². The van der Waals surface area contributed by atoms with E-state index in [0.29, 0.717) is 24.6 Å². The van der Waals surface area contributed by atoms with Gasteiger partial charge in [-0.3, -0.25) is 4.79 Å². The Labute approximate surface area is 171 Å². The van der Waals surface area contributed by atoms with Gasteiger partial charge in [0.1, 0.15) is 0 Å². The van der Waals surface area contributed by atoms with E-state index in [9.17, 15) is 14.8 Å². The largest absolute Gasteiger partial charge is 0.474 e. The zero-order valence-corrected chi connectivity index (χ0v) is 16.6. The molecule has 0 aromatic heterocycles. The van der Waals surface area contributed by atoms with Crippen molar-refractivity contribution in [1.29, 1.82) is 0 Å². The average Bonchev–Trinajstić information content (AvgIpc) is 2.77. The summed E-state index contributed by atoms with van der Waals surface area (Å²) in [6, 6.07) is 14.1. The Morgan fingerprint density at radius 3 is 2.69 bits per heavy atom. The number of amides is 1. The summed E-state index contributed by atoms with van der Waals surface area (Å²) < 4.78 is 0. The maximum Gasteiger partial charge on any atom is 0.474 e. The maximum absolute atomic E-state index is 13.1. The summed E-state index contributed by atoms with van der Waals surface area (Å²) in [5.74, 6) is -0.0852. The minimum Gasteiger partial charge on any atom is -0.426 e. The van der Waals surface area contributed by atoms with Gasteiger partial charge in [-0.15, -0.1) is 0 Å². The quantitative estimate of drug-likeness (QED) is 0.588. The Morgan fingerprint density at radius 2 is 1.97 bits per heavy atom. The minimum atomic E-state index is -1.49. The molecule has 2 aliphatic rings. The van der Waals surface area contributed by atoms with Crippen LogP contribution in [0.25, 0.3) is 0 Å². The standard InChI is InChI=1S/C22H28BN3O3/c24-14-15-2-1-3-18(12-15)16-7-10-26(11-8-16)22(27)19-5-4-17-6-9-25-21(23(28)29)20(17)13-19/h1-5,12-13,16,21,25,28-29H,6-11,14,24H2. The molecule has 1 saturated heterocycles. The molecular weight excluding hydrogens is 365 g/mol. The Balaban J connectivity index is 1.45. The van der Waals surface area contributed by atoms with Crippen LogP contribution in [-0.4, -0.2) is 47.6 Å². The summed E-state index contributed by atoms with van der Waals surface area (Å²) in [4.78, 5) is 15.0. The lowest BCUT2D eigenvalue weighted by Crippen LogP contribution is -2.41. The molecule has 0 spiro atoms. The van der Waals surface area contributed by atoms with Gasteiger partial charge in [-0.1, -0.05) is 30.3 Å². The van der Waals surface area contributed by atoms with Crippen LogP contribution in [0, 0.1) is 0 Å². The van der Waals surface area contributed by atoms with E-state index in [-0.39, 0.29) is 5.91 Å². The van der Waals surface area contributed by atoms with Crippen molar-refractivity contribution in [3.63, 3.8) is 0 Å². The molecule has 1 fully saturated rings. The highest BCUT2D eigenvalue weighted by atomic mass is 16.4. The molecule has 29 heavy (non-hydrogen) atoms. The fourth-order valence-electron chi connectivity index (χ4n) is 4.56. The number of rotatable bonds is 4. The van der Waals surface area contributed by atoms with Gasteiger partial charge in [0.05, 0.1) is 5.94 Å². The number of carbonyl (C=O) groups is 1. The van der Waals surface area contributed by atoms with Crippen molar-refractivity contribution in [2.45, 2.75) is 37.7 Å². The summed E-state index contributed by atoms with van der Waals surface area (Å²) >= 11 is 0. The van der Waals surface area contributed by atoms with E-state index in [2.05, 4.69) is 23.5 Å². The van der Waals surface area contributed by atoms with Crippen molar-refractivity contribution in [3.8, 4) is 0 Å². The lowest BCUT2D eigenvalue weighted by atomic mass is 9.71. The predicted molar refractivity (Wildman–Crippen MR) is 113 cm³/mol. The second-order valence-electron chi connectivity index (χ2n) is 8.02. The molecule has 1 unspecified atom stereocenters. The molecule has 1 amide bonds. The number of nitrogens with zero attached hydrogens (tertiary/aromatic N) is 1. The number of benzene rings is 2. The van der Waals surface area contributed by atoms with Crippen molar-refractivity contribution in [2.24, 2.45) is 5.73 Å². The van der Waals surface area contributed by atoms with Crippen molar-refractivity contribution < 1.29 is 14.8 Å². The molecule has 2 aromatic rings. The van der Waals surface area contributed by atoms with Crippen LogP contribution in [0.4, 0.5) is 0 Å². The number of piperidine rings is 1. The average molecular weight is 393 g/mol. The first-order valence-electron chi connectivity index (χ1n) is 10.4. The van der Waals surface area contributed by atoms with Crippen LogP contribution >= 0.6 is 0 Å². The zero-order chi connectivity index (χ0) is 20.4. The summed E-state index contributed by atoms with van der Waals surface area (Å²) in [5, 5.41) is 22.5. The van der Waals surface area contributed by atoms with Gasteiger partial charge in [0.2, 0.25) is 0 Å². The van der Waals surface area contributed by atoms with E-state index in [0.717, 1.165) is 49.0 Å². The third kappa shape index (κ3) is 4.23. The molecule has 4 rings (SSSR count). The van der Waals surface area contributed by atoms with Crippen LogP contribution in [0.2, 0.25) is 0 Å². The van der Waals surface area contributed by atoms with Gasteiger partial charge in [-0.05, 0) is 66.1 Å². The number of nitrogens with one attached hydrogen (secondary N) is 1. The van der Waals surface area contributed by atoms with Crippen molar-refractivity contribution >= 4 is 13.0 Å². The van der Waals surface area contributed by atoms with E-state index in [4.69, 9.17) is 5.73 Å². The molecule has 5 N–H and O–H groups in total. The van der Waals surface area contributed by atoms with Gasteiger partial charge in [-0.25, -0.2) is 0 Å². The zero-order valence-electron chi connectivity index (χ0n) is 16.6. The lowest BCUT2D eigenvalue weighted by Gasteiger charge is -2.33. The third-order valence-corrected chi connectivity index (χ3v) is 6.22. The van der Waals surface area contributed by atoms with Crippen LogP contribution in [0.15, 0.2) is 42.5 Å². The van der Waals surface area contributed by atoms with Gasteiger partial charge in [0.25, 0.3) is 5.91 Å². The summed E-state index contributed by atoms with van der Waals surface area (Å²) in [5.41, 5.74) is 10.7. The van der Waals surface area contributed by atoms with Crippen LogP contribution in [0.5, 0.6) is 0 Å². The fraction of sp³-hybridized carbons (Fsp3) is 0.409. The number of hydrogen-bond donors (Lipinski definition) is 4. The van der Waals surface area contributed by atoms with E-state index in [1.807, 2.05) is 29.2 Å². The third-order valence-electron chi connectivity index (χ3n) is 6.22. The molecule has 6 nitrogen and oxygen atoms in total. The number of fused-ring (bicyclic) bond motifs is 1. The first-order chi connectivity index (χ1) is 14.1. The Morgan fingerprint density at radius 1 is 1.17 bits per heavy atom. The van der Waals surface area contributed by atoms with Gasteiger partial charge in [0.15, 0.2) is 0 Å². The van der Waals surface area contributed by atoms with Crippen molar-refractivity contribution in [2.75, 3.05) is 19.6 Å². The second kappa shape index (κ2) is 8.67. The summed E-state index contributed by atoms with van der Waals surface area (Å²) in [7, 11) is -1.49. The molecule has 0 radical (unpaired) electrons. The van der Waals surface area contributed by atoms with Crippen LogP contribution in [-0.2, 0) is 13.0 Å². The number of carbonyl (C=O) groups excluding carboxylic acids is 1. The molecule has 7 heteroatoms. The SMILES string of the molecule is NCc1cccc(C2CCN(C(=O)c3ccc4c(c3)C(B(O)O)NCC4)CC2)c1. The first-order valence-corrected chi connectivity index (χ1v) is 10.4.